The van der Waals surface area contributed by atoms with Gasteiger partial charge in [-0.15, -0.1) is 0 Å². The zero-order valence-corrected chi connectivity index (χ0v) is 11.3. The van der Waals surface area contributed by atoms with E-state index in [-0.39, 0.29) is 0 Å². The Balaban J connectivity index is 2.25. The van der Waals surface area contributed by atoms with Gasteiger partial charge in [-0.2, -0.15) is 16.7 Å². The molecule has 0 aliphatic heterocycles. The lowest BCUT2D eigenvalue weighted by Crippen LogP contribution is -2.46. The molecule has 8 nitrogen and oxygen atoms in total. The topological polar surface area (TPSA) is 117 Å². The number of carbonyl (C=O) groups is 2. The molecule has 0 spiro atoms. The predicted molar refractivity (Wildman–Crippen MR) is 69.0 cm³/mol. The molecule has 0 aliphatic rings. The minimum absolute atomic E-state index is 0.306. The largest absolute Gasteiger partial charge is 0.480 e. The highest BCUT2D eigenvalue weighted by atomic mass is 32.2. The van der Waals surface area contributed by atoms with Crippen LogP contribution in [0.5, 0.6) is 0 Å². The fraction of sp³-hybridized carbons (Fsp3) is 0.600. The number of nitrogens with one attached hydrogen (secondary N) is 2. The first-order valence-corrected chi connectivity index (χ1v) is 7.04. The number of amides is 2. The second kappa shape index (κ2) is 8.35. The quantitative estimate of drug-likeness (QED) is 0.621. The monoisotopic (exact) mass is 288 g/mol. The summed E-state index contributed by atoms with van der Waals surface area (Å²) in [6, 6.07) is -1.39. The molecule has 9 heteroatoms. The SMILES string of the molecule is CSCC[C@@H](NC(=O)NCCc1ncon1)C(=O)O. The van der Waals surface area contributed by atoms with Gasteiger partial charge in [-0.05, 0) is 18.4 Å². The summed E-state index contributed by atoms with van der Waals surface area (Å²) in [6.07, 6.45) is 3.89. The molecule has 0 saturated carbocycles. The minimum atomic E-state index is -1.04. The molecule has 1 rings (SSSR count). The third-order valence-corrected chi connectivity index (χ3v) is 2.90. The van der Waals surface area contributed by atoms with Crippen molar-refractivity contribution in [3.63, 3.8) is 0 Å². The average molecular weight is 288 g/mol. The van der Waals surface area contributed by atoms with E-state index in [1.807, 2.05) is 6.26 Å². The number of carbonyl (C=O) groups excluding carboxylic acids is 1. The van der Waals surface area contributed by atoms with Gasteiger partial charge in [0, 0.05) is 13.0 Å². The molecule has 0 aliphatic carbocycles. The van der Waals surface area contributed by atoms with E-state index < -0.39 is 18.0 Å². The van der Waals surface area contributed by atoms with E-state index in [0.29, 0.717) is 31.0 Å². The van der Waals surface area contributed by atoms with E-state index in [1.165, 1.54) is 18.2 Å². The number of thioether (sulfide) groups is 1. The second-order valence-corrected chi connectivity index (χ2v) is 4.66. The van der Waals surface area contributed by atoms with Crippen LogP contribution in [0.1, 0.15) is 12.2 Å². The predicted octanol–water partition coefficient (Wildman–Crippen LogP) is 0.118. The van der Waals surface area contributed by atoms with E-state index >= 15 is 0 Å². The second-order valence-electron chi connectivity index (χ2n) is 3.67. The number of urea groups is 1. The van der Waals surface area contributed by atoms with Gasteiger partial charge in [0.05, 0.1) is 0 Å². The molecule has 0 fully saturated rings. The Bertz CT molecular complexity index is 398. The van der Waals surface area contributed by atoms with Gasteiger partial charge in [-0.3, -0.25) is 0 Å². The van der Waals surface area contributed by atoms with Crippen LogP contribution in [0.4, 0.5) is 4.79 Å². The van der Waals surface area contributed by atoms with Gasteiger partial charge in [0.25, 0.3) is 0 Å². The van der Waals surface area contributed by atoms with Crippen LogP contribution in [-0.4, -0.2) is 51.8 Å². The first-order chi connectivity index (χ1) is 9.13. The lowest BCUT2D eigenvalue weighted by Gasteiger charge is -2.14. The lowest BCUT2D eigenvalue weighted by molar-refractivity contribution is -0.139. The molecule has 19 heavy (non-hydrogen) atoms. The minimum Gasteiger partial charge on any atom is -0.480 e. The highest BCUT2D eigenvalue weighted by molar-refractivity contribution is 7.98. The van der Waals surface area contributed by atoms with Crippen LogP contribution in [0.15, 0.2) is 10.9 Å². The molecular weight excluding hydrogens is 272 g/mol. The van der Waals surface area contributed by atoms with Crippen molar-refractivity contribution in [2.75, 3.05) is 18.6 Å². The average Bonchev–Trinajstić information content (AvgIpc) is 2.87. The molecule has 1 atom stereocenters. The highest BCUT2D eigenvalue weighted by Crippen LogP contribution is 2.00. The summed E-state index contributed by atoms with van der Waals surface area (Å²) >= 11 is 1.53. The molecule has 1 aromatic heterocycles. The molecule has 1 aromatic rings. The molecule has 3 N–H and O–H groups in total. The first kappa shape index (κ1) is 15.3. The molecule has 1 heterocycles. The highest BCUT2D eigenvalue weighted by Gasteiger charge is 2.18. The van der Waals surface area contributed by atoms with Crippen LogP contribution >= 0.6 is 11.8 Å². The maximum atomic E-state index is 11.5. The smallest absolute Gasteiger partial charge is 0.326 e. The zero-order valence-electron chi connectivity index (χ0n) is 10.5. The van der Waals surface area contributed by atoms with Crippen LogP contribution in [0.3, 0.4) is 0 Å². The number of nitrogens with zero attached hydrogens (tertiary/aromatic N) is 2. The molecule has 0 unspecified atom stereocenters. The lowest BCUT2D eigenvalue weighted by atomic mass is 10.2. The van der Waals surface area contributed by atoms with E-state index in [4.69, 9.17) is 5.11 Å². The van der Waals surface area contributed by atoms with Gasteiger partial charge in [0.15, 0.2) is 5.82 Å². The van der Waals surface area contributed by atoms with Crippen LogP contribution in [0.25, 0.3) is 0 Å². The molecular formula is C10H16N4O4S. The Morgan fingerprint density at radius 3 is 2.95 bits per heavy atom. The number of carboxylic acids is 1. The molecule has 0 aromatic carbocycles. The third kappa shape index (κ3) is 6.09. The summed E-state index contributed by atoms with van der Waals surface area (Å²) in [6.45, 7) is 0.306. The van der Waals surface area contributed by atoms with Crippen LogP contribution < -0.4 is 10.6 Å². The van der Waals surface area contributed by atoms with Gasteiger partial charge in [-0.1, -0.05) is 5.16 Å². The van der Waals surface area contributed by atoms with Gasteiger partial charge in [-0.25, -0.2) is 9.59 Å². The number of rotatable bonds is 8. The van der Waals surface area contributed by atoms with Crippen LogP contribution in [0.2, 0.25) is 0 Å². The fourth-order valence-corrected chi connectivity index (χ4v) is 1.76. The normalized spacial score (nSPS) is 11.8. The van der Waals surface area contributed by atoms with E-state index in [2.05, 4.69) is 25.3 Å². The van der Waals surface area contributed by atoms with Gasteiger partial charge in [0.2, 0.25) is 6.39 Å². The zero-order chi connectivity index (χ0) is 14.1. The molecule has 0 bridgehead atoms. The number of hydrogen-bond acceptors (Lipinski definition) is 6. The summed E-state index contributed by atoms with van der Waals surface area (Å²) in [7, 11) is 0. The van der Waals surface area contributed by atoms with Crippen LogP contribution in [-0.2, 0) is 11.2 Å². The van der Waals surface area contributed by atoms with Crippen molar-refractivity contribution in [1.29, 1.82) is 0 Å². The Kier molecular flexibility index (Phi) is 6.72. The van der Waals surface area contributed by atoms with Crippen molar-refractivity contribution < 1.29 is 19.2 Å². The molecule has 0 saturated heterocycles. The van der Waals surface area contributed by atoms with Gasteiger partial charge >= 0.3 is 12.0 Å². The van der Waals surface area contributed by atoms with E-state index in [9.17, 15) is 9.59 Å². The first-order valence-electron chi connectivity index (χ1n) is 5.65. The Morgan fingerprint density at radius 2 is 2.37 bits per heavy atom. The summed E-state index contributed by atoms with van der Waals surface area (Å²) in [5, 5.41) is 17.5. The maximum absolute atomic E-state index is 11.5. The van der Waals surface area contributed by atoms with Gasteiger partial charge in [0.1, 0.15) is 6.04 Å². The summed E-state index contributed by atoms with van der Waals surface area (Å²) < 4.78 is 4.54. The van der Waals surface area contributed by atoms with E-state index in [0.717, 1.165) is 0 Å². The molecule has 106 valence electrons. The standard InChI is InChI=1S/C10H16N4O4S/c1-19-5-3-7(9(15)16)13-10(17)11-4-2-8-12-6-18-14-8/h6-7H,2-5H2,1H3,(H,15,16)(H2,11,13,17)/t7-/m1/s1. The Hall–Kier alpha value is -1.77. The van der Waals surface area contributed by atoms with E-state index in [1.54, 1.807) is 0 Å². The third-order valence-electron chi connectivity index (χ3n) is 2.26. The Labute approximate surface area is 114 Å². The van der Waals surface area contributed by atoms with Crippen LogP contribution in [0, 0.1) is 0 Å². The van der Waals surface area contributed by atoms with Crippen molar-refractivity contribution in [2.45, 2.75) is 18.9 Å². The summed E-state index contributed by atoms with van der Waals surface area (Å²) in [5.74, 6) is 0.111. The molecule has 2 amide bonds. The Morgan fingerprint density at radius 1 is 1.58 bits per heavy atom. The fourth-order valence-electron chi connectivity index (χ4n) is 1.29. The number of aromatic nitrogens is 2. The number of hydrogen-bond donors (Lipinski definition) is 3. The van der Waals surface area contributed by atoms with Crippen molar-refractivity contribution in [2.24, 2.45) is 0 Å². The maximum Gasteiger partial charge on any atom is 0.326 e. The number of carboxylic acid groups (broad SMARTS) is 1. The van der Waals surface area contributed by atoms with Crippen molar-refractivity contribution in [1.82, 2.24) is 20.8 Å². The summed E-state index contributed by atoms with van der Waals surface area (Å²) in [4.78, 5) is 26.2. The molecule has 0 radical (unpaired) electrons. The van der Waals surface area contributed by atoms with Crippen molar-refractivity contribution >= 4 is 23.8 Å². The van der Waals surface area contributed by atoms with Crippen molar-refractivity contribution in [3.05, 3.63) is 12.2 Å². The van der Waals surface area contributed by atoms with Gasteiger partial charge < -0.3 is 20.3 Å². The van der Waals surface area contributed by atoms with Crippen molar-refractivity contribution in [3.8, 4) is 0 Å². The number of aliphatic carboxylic acids is 1. The summed E-state index contributed by atoms with van der Waals surface area (Å²) in [5.41, 5.74) is 0.